The molecule has 0 atom stereocenters. The molecule has 2 nitrogen and oxygen atoms in total. The van der Waals surface area contributed by atoms with Crippen LogP contribution < -0.4 is 0 Å². The fourth-order valence-corrected chi connectivity index (χ4v) is 1.73. The third kappa shape index (κ3) is 4.13. The van der Waals surface area contributed by atoms with E-state index >= 15 is 0 Å². The molecular formula is C12H14O2S. The summed E-state index contributed by atoms with van der Waals surface area (Å²) in [6, 6.07) is 14.2. The Balaban J connectivity index is 3.41. The third-order valence-corrected chi connectivity index (χ3v) is 3.02. The first kappa shape index (κ1) is 11.7. The van der Waals surface area contributed by atoms with Gasteiger partial charge in [0, 0.05) is 6.26 Å². The molecule has 0 spiro atoms. The van der Waals surface area contributed by atoms with E-state index in [1.807, 2.05) is 31.2 Å². The van der Waals surface area contributed by atoms with Gasteiger partial charge in [0.25, 0.3) is 0 Å². The molecule has 80 valence electrons. The second-order valence-corrected chi connectivity index (χ2v) is 5.37. The molecule has 0 amide bonds. The lowest BCUT2D eigenvalue weighted by Gasteiger charge is -1.92. The Morgan fingerprint density at radius 1 is 0.867 bits per heavy atom. The topological polar surface area (TPSA) is 34.1 Å². The van der Waals surface area contributed by atoms with Gasteiger partial charge in [-0.3, -0.25) is 0 Å². The van der Waals surface area contributed by atoms with Crippen molar-refractivity contribution in [3.63, 3.8) is 0 Å². The number of rotatable bonds is 1. The molecule has 15 heavy (non-hydrogen) atoms. The second-order valence-electron chi connectivity index (χ2n) is 3.36. The lowest BCUT2D eigenvalue weighted by molar-refractivity contribution is 0.602. The van der Waals surface area contributed by atoms with Crippen molar-refractivity contribution >= 4 is 9.84 Å². The van der Waals surface area contributed by atoms with Crippen LogP contribution in [0.25, 0.3) is 0 Å². The lowest BCUT2D eigenvalue weighted by atomic mass is 10.3. The van der Waals surface area contributed by atoms with E-state index in [4.69, 9.17) is 0 Å². The maximum Gasteiger partial charge on any atom is 0.175 e. The van der Waals surface area contributed by atoms with Gasteiger partial charge in [0.2, 0.25) is 0 Å². The molecule has 0 N–H and O–H groups in total. The van der Waals surface area contributed by atoms with E-state index in [-0.39, 0.29) is 0 Å². The zero-order chi connectivity index (χ0) is 11.3. The zero-order valence-electron chi connectivity index (χ0n) is 8.84. The summed E-state index contributed by atoms with van der Waals surface area (Å²) in [5.41, 5.74) is 1.07. The fraction of sp³-hybridized carbons (Fsp3) is 0.167. The summed E-state index contributed by atoms with van der Waals surface area (Å²) in [6.45, 7) is 1.96. The van der Waals surface area contributed by atoms with Crippen molar-refractivity contribution in [2.24, 2.45) is 0 Å². The lowest BCUT2D eigenvalue weighted by Crippen LogP contribution is -1.94. The van der Waals surface area contributed by atoms with E-state index in [1.165, 1.54) is 6.26 Å². The normalized spacial score (nSPS) is 10.5. The molecule has 0 heterocycles. The first-order valence-corrected chi connectivity index (χ1v) is 6.49. The molecule has 0 saturated heterocycles. The summed E-state index contributed by atoms with van der Waals surface area (Å²) in [5.74, 6) is 0. The Kier molecular flexibility index (Phi) is 3.86. The van der Waals surface area contributed by atoms with E-state index < -0.39 is 9.84 Å². The van der Waals surface area contributed by atoms with E-state index in [0.29, 0.717) is 4.90 Å². The summed E-state index contributed by atoms with van der Waals surface area (Å²) in [7, 11) is -3.14. The number of aryl methyl sites for hydroxylation is 1. The molecule has 0 bridgehead atoms. The summed E-state index contributed by atoms with van der Waals surface area (Å²) in [5, 5.41) is 0. The Labute approximate surface area is 90.8 Å². The average molecular weight is 222 g/mol. The van der Waals surface area contributed by atoms with Crippen LogP contribution in [0, 0.1) is 6.92 Å². The average Bonchev–Trinajstić information content (AvgIpc) is 2.13. The summed E-state index contributed by atoms with van der Waals surface area (Å²) in [4.78, 5) is 0.318. The SMILES string of the molecule is Cc1cccccc(S(C)(=O)=O)ccc1. The monoisotopic (exact) mass is 222 g/mol. The van der Waals surface area contributed by atoms with E-state index in [9.17, 15) is 8.42 Å². The maximum atomic E-state index is 11.3. The highest BCUT2D eigenvalue weighted by atomic mass is 32.2. The number of hydrogen-bond acceptors (Lipinski definition) is 2. The molecule has 0 saturated carbocycles. The van der Waals surface area contributed by atoms with Crippen molar-refractivity contribution < 1.29 is 8.42 Å². The number of hydrogen-bond donors (Lipinski definition) is 0. The van der Waals surface area contributed by atoms with Crippen molar-refractivity contribution in [2.75, 3.05) is 6.26 Å². The predicted octanol–water partition coefficient (Wildman–Crippen LogP) is 2.52. The van der Waals surface area contributed by atoms with Crippen molar-refractivity contribution in [1.29, 1.82) is 0 Å². The van der Waals surface area contributed by atoms with Crippen LogP contribution in [-0.4, -0.2) is 14.7 Å². The van der Waals surface area contributed by atoms with Gasteiger partial charge in [0.05, 0.1) is 4.90 Å². The van der Waals surface area contributed by atoms with Gasteiger partial charge >= 0.3 is 0 Å². The van der Waals surface area contributed by atoms with Gasteiger partial charge in [0.15, 0.2) is 9.84 Å². The molecule has 0 aliphatic rings. The van der Waals surface area contributed by atoms with Crippen LogP contribution >= 0.6 is 0 Å². The Morgan fingerprint density at radius 3 is 2.07 bits per heavy atom. The largest absolute Gasteiger partial charge is 0.224 e. The quantitative estimate of drug-likeness (QED) is 0.731. The van der Waals surface area contributed by atoms with E-state index in [2.05, 4.69) is 0 Å². The zero-order valence-corrected chi connectivity index (χ0v) is 9.66. The van der Waals surface area contributed by atoms with E-state index in [1.54, 1.807) is 24.3 Å². The first-order chi connectivity index (χ1) is 7.00. The first-order valence-electron chi connectivity index (χ1n) is 4.60. The van der Waals surface area contributed by atoms with Gasteiger partial charge in [-0.1, -0.05) is 42.0 Å². The molecule has 1 aromatic rings. The fourth-order valence-electron chi connectivity index (χ4n) is 1.07. The maximum absolute atomic E-state index is 11.3. The van der Waals surface area contributed by atoms with Crippen LogP contribution in [0.1, 0.15) is 5.56 Å². The molecule has 1 rings (SSSR count). The van der Waals surface area contributed by atoms with Crippen molar-refractivity contribution in [1.82, 2.24) is 0 Å². The molecule has 0 radical (unpaired) electrons. The molecule has 0 aliphatic carbocycles. The van der Waals surface area contributed by atoms with Crippen LogP contribution in [0.3, 0.4) is 0 Å². The van der Waals surface area contributed by atoms with Crippen LogP contribution in [0.4, 0.5) is 0 Å². The van der Waals surface area contributed by atoms with Gasteiger partial charge < -0.3 is 0 Å². The Bertz CT molecular complexity index is 489. The van der Waals surface area contributed by atoms with Gasteiger partial charge in [-0.2, -0.15) is 0 Å². The highest BCUT2D eigenvalue weighted by Gasteiger charge is 2.02. The summed E-state index contributed by atoms with van der Waals surface area (Å²) >= 11 is 0. The van der Waals surface area contributed by atoms with Gasteiger partial charge in [-0.05, 0) is 19.1 Å². The van der Waals surface area contributed by atoms with Crippen LogP contribution in [-0.2, 0) is 9.84 Å². The van der Waals surface area contributed by atoms with Gasteiger partial charge in [-0.15, -0.1) is 0 Å². The number of sulfone groups is 1. The van der Waals surface area contributed by atoms with Crippen LogP contribution in [0.2, 0.25) is 0 Å². The standard InChI is InChI=1S/C12H14O2S/c1-11-7-4-3-5-9-12(10-6-8-11)15(2,13)14/h3-10H,1-2H3. The third-order valence-electron chi connectivity index (χ3n) is 1.89. The predicted molar refractivity (Wildman–Crippen MR) is 61.9 cm³/mol. The summed E-state index contributed by atoms with van der Waals surface area (Å²) in [6.07, 6.45) is 1.20. The molecule has 3 heteroatoms. The molecular weight excluding hydrogens is 208 g/mol. The molecule has 0 aliphatic heterocycles. The highest BCUT2D eigenvalue weighted by Crippen LogP contribution is 2.04. The molecule has 0 fully saturated rings. The van der Waals surface area contributed by atoms with Crippen LogP contribution in [0.5, 0.6) is 0 Å². The minimum Gasteiger partial charge on any atom is -0.224 e. The molecule has 0 unspecified atom stereocenters. The second kappa shape index (κ2) is 4.94. The Hall–Kier alpha value is -1.35. The van der Waals surface area contributed by atoms with Gasteiger partial charge in [-0.25, -0.2) is 8.42 Å². The Morgan fingerprint density at radius 2 is 1.40 bits per heavy atom. The summed E-state index contributed by atoms with van der Waals surface area (Å²) < 4.78 is 22.7. The van der Waals surface area contributed by atoms with Crippen molar-refractivity contribution in [3.05, 3.63) is 54.1 Å². The highest BCUT2D eigenvalue weighted by molar-refractivity contribution is 7.90. The minimum atomic E-state index is -3.14. The molecule has 0 aromatic heterocycles. The molecule has 1 aromatic carbocycles. The van der Waals surface area contributed by atoms with E-state index in [0.717, 1.165) is 5.56 Å². The van der Waals surface area contributed by atoms with Crippen molar-refractivity contribution in [3.8, 4) is 0 Å². The minimum absolute atomic E-state index is 0.318. The van der Waals surface area contributed by atoms with Crippen molar-refractivity contribution in [2.45, 2.75) is 11.8 Å². The smallest absolute Gasteiger partial charge is 0.175 e. The van der Waals surface area contributed by atoms with Crippen LogP contribution in [0.15, 0.2) is 53.4 Å². The van der Waals surface area contributed by atoms with Gasteiger partial charge in [0.1, 0.15) is 0 Å².